The monoisotopic (exact) mass is 223 g/mol. The van der Waals surface area contributed by atoms with Gasteiger partial charge >= 0.3 is 0 Å². The molecule has 3 fully saturated rings. The van der Waals surface area contributed by atoms with E-state index in [1.54, 1.807) is 5.57 Å². The Kier molecular flexibility index (Phi) is 2.78. The van der Waals surface area contributed by atoms with Gasteiger partial charge in [0.25, 0.3) is 0 Å². The summed E-state index contributed by atoms with van der Waals surface area (Å²) >= 11 is 0. The first-order valence-corrected chi connectivity index (χ1v) is 6.34. The highest BCUT2D eigenvalue weighted by Crippen LogP contribution is 2.41. The van der Waals surface area contributed by atoms with Crippen molar-refractivity contribution in [3.63, 3.8) is 0 Å². The Morgan fingerprint density at radius 1 is 1.56 bits per heavy atom. The van der Waals surface area contributed by atoms with Gasteiger partial charge in [0.2, 0.25) is 0 Å². The Morgan fingerprint density at radius 2 is 2.44 bits per heavy atom. The maximum absolute atomic E-state index is 5.43. The second-order valence-electron chi connectivity index (χ2n) is 5.48. The van der Waals surface area contributed by atoms with Crippen LogP contribution in [0.15, 0.2) is 11.6 Å². The summed E-state index contributed by atoms with van der Waals surface area (Å²) in [4.78, 5) is 2.63. The van der Waals surface area contributed by atoms with Crippen LogP contribution < -0.4 is 0 Å². The van der Waals surface area contributed by atoms with E-state index in [0.717, 1.165) is 19.8 Å². The van der Waals surface area contributed by atoms with E-state index in [0.29, 0.717) is 11.5 Å². The molecule has 0 aromatic carbocycles. The molecule has 0 radical (unpaired) electrons. The quantitative estimate of drug-likeness (QED) is 0.676. The van der Waals surface area contributed by atoms with E-state index in [1.807, 2.05) is 7.11 Å². The Morgan fingerprint density at radius 3 is 3.12 bits per heavy atom. The molecule has 0 bridgehead atoms. The number of fused-ring (bicyclic) bond motifs is 1. The van der Waals surface area contributed by atoms with Gasteiger partial charge in [-0.3, -0.25) is 4.90 Å². The number of rotatable bonds is 3. The molecule has 0 aromatic heterocycles. The molecule has 3 rings (SSSR count). The summed E-state index contributed by atoms with van der Waals surface area (Å²) in [6.07, 6.45) is 6.32. The van der Waals surface area contributed by atoms with E-state index in [9.17, 15) is 0 Å². The average molecular weight is 223 g/mol. The van der Waals surface area contributed by atoms with Crippen LogP contribution in [0.5, 0.6) is 0 Å². The number of hydrogen-bond acceptors (Lipinski definition) is 3. The summed E-state index contributed by atoms with van der Waals surface area (Å²) in [7, 11) is 1.83. The lowest BCUT2D eigenvalue weighted by molar-refractivity contribution is -0.00810. The highest BCUT2D eigenvalue weighted by Gasteiger charge is 2.46. The summed E-state index contributed by atoms with van der Waals surface area (Å²) in [5.41, 5.74) is 1.95. The van der Waals surface area contributed by atoms with Crippen molar-refractivity contribution >= 4 is 0 Å². The van der Waals surface area contributed by atoms with Crippen LogP contribution in [0, 0.1) is 5.92 Å². The molecule has 0 spiro atoms. The van der Waals surface area contributed by atoms with Gasteiger partial charge < -0.3 is 9.47 Å². The van der Waals surface area contributed by atoms with Crippen molar-refractivity contribution in [2.75, 3.05) is 40.0 Å². The maximum Gasteiger partial charge on any atom is 0.0649 e. The smallest absolute Gasteiger partial charge is 0.0649 e. The van der Waals surface area contributed by atoms with Gasteiger partial charge in [-0.2, -0.15) is 0 Å². The maximum atomic E-state index is 5.43. The molecule has 0 saturated carbocycles. The first kappa shape index (κ1) is 10.8. The molecular formula is C13H21NO2. The van der Waals surface area contributed by atoms with E-state index < -0.39 is 0 Å². The minimum Gasteiger partial charge on any atom is -0.383 e. The lowest BCUT2D eigenvalue weighted by Gasteiger charge is -2.30. The second kappa shape index (κ2) is 4.13. The molecule has 3 aliphatic rings. The van der Waals surface area contributed by atoms with E-state index in [-0.39, 0.29) is 0 Å². The average Bonchev–Trinajstić information content (AvgIpc) is 2.68. The van der Waals surface area contributed by atoms with Crippen LogP contribution in [0.25, 0.3) is 0 Å². The number of methoxy groups -OCH3 is 1. The first-order chi connectivity index (χ1) is 7.82. The van der Waals surface area contributed by atoms with Gasteiger partial charge in [0.1, 0.15) is 0 Å². The van der Waals surface area contributed by atoms with Crippen LogP contribution in [0.2, 0.25) is 0 Å². The van der Waals surface area contributed by atoms with Gasteiger partial charge in [0.05, 0.1) is 19.8 Å². The van der Waals surface area contributed by atoms with Gasteiger partial charge in [-0.15, -0.1) is 0 Å². The third-order valence-electron chi connectivity index (χ3n) is 4.24. The summed E-state index contributed by atoms with van der Waals surface area (Å²) in [5.74, 6) is 0.689. The lowest BCUT2D eigenvalue weighted by Crippen LogP contribution is -2.42. The molecule has 3 aliphatic heterocycles. The number of nitrogens with zero attached hydrogens (tertiary/aromatic N) is 1. The van der Waals surface area contributed by atoms with Crippen LogP contribution >= 0.6 is 0 Å². The van der Waals surface area contributed by atoms with E-state index in [1.165, 1.54) is 32.4 Å². The third-order valence-corrected chi connectivity index (χ3v) is 4.24. The molecule has 0 aromatic rings. The lowest BCUT2D eigenvalue weighted by atomic mass is 9.92. The SMILES string of the molecule is COCC12CCCN1C/C(=C\C1COC1)C2. The molecular weight excluding hydrogens is 202 g/mol. The van der Waals surface area contributed by atoms with Gasteiger partial charge in [-0.1, -0.05) is 11.6 Å². The Balaban J connectivity index is 1.71. The van der Waals surface area contributed by atoms with Gasteiger partial charge in [0, 0.05) is 25.1 Å². The molecule has 3 heteroatoms. The summed E-state index contributed by atoms with van der Waals surface area (Å²) in [6, 6.07) is 0. The molecule has 1 atom stereocenters. The van der Waals surface area contributed by atoms with Gasteiger partial charge in [-0.25, -0.2) is 0 Å². The Hall–Kier alpha value is -0.380. The number of hydrogen-bond donors (Lipinski definition) is 0. The zero-order valence-corrected chi connectivity index (χ0v) is 10.1. The minimum atomic E-state index is 0.338. The largest absolute Gasteiger partial charge is 0.383 e. The van der Waals surface area contributed by atoms with Crippen LogP contribution in [-0.4, -0.2) is 50.5 Å². The fraction of sp³-hybridized carbons (Fsp3) is 0.846. The van der Waals surface area contributed by atoms with E-state index >= 15 is 0 Å². The Bertz CT molecular complexity index is 298. The summed E-state index contributed by atoms with van der Waals surface area (Å²) in [5, 5.41) is 0. The molecule has 0 aliphatic carbocycles. The van der Waals surface area contributed by atoms with Crippen molar-refractivity contribution < 1.29 is 9.47 Å². The van der Waals surface area contributed by atoms with E-state index in [4.69, 9.17) is 9.47 Å². The molecule has 3 nitrogen and oxygen atoms in total. The molecule has 3 heterocycles. The predicted molar refractivity (Wildman–Crippen MR) is 62.4 cm³/mol. The zero-order valence-electron chi connectivity index (χ0n) is 10.1. The highest BCUT2D eigenvalue weighted by atomic mass is 16.5. The molecule has 16 heavy (non-hydrogen) atoms. The molecule has 3 saturated heterocycles. The van der Waals surface area contributed by atoms with Crippen molar-refractivity contribution in [2.24, 2.45) is 5.92 Å². The number of ether oxygens (including phenoxy) is 2. The first-order valence-electron chi connectivity index (χ1n) is 6.34. The molecule has 0 amide bonds. The normalized spacial score (nSPS) is 37.9. The van der Waals surface area contributed by atoms with Crippen molar-refractivity contribution in [2.45, 2.75) is 24.8 Å². The fourth-order valence-electron chi connectivity index (χ4n) is 3.44. The van der Waals surface area contributed by atoms with Crippen molar-refractivity contribution in [3.05, 3.63) is 11.6 Å². The predicted octanol–water partition coefficient (Wildman–Crippen LogP) is 1.44. The van der Waals surface area contributed by atoms with Gasteiger partial charge in [0.15, 0.2) is 0 Å². The van der Waals surface area contributed by atoms with Crippen molar-refractivity contribution in [1.82, 2.24) is 4.90 Å². The summed E-state index contributed by atoms with van der Waals surface area (Å²) in [6.45, 7) is 5.18. The van der Waals surface area contributed by atoms with Crippen molar-refractivity contribution in [3.8, 4) is 0 Å². The molecule has 0 N–H and O–H groups in total. The third kappa shape index (κ3) is 1.71. The van der Waals surface area contributed by atoms with Crippen LogP contribution in [0.4, 0.5) is 0 Å². The van der Waals surface area contributed by atoms with E-state index in [2.05, 4.69) is 11.0 Å². The minimum absolute atomic E-state index is 0.338. The fourth-order valence-corrected chi connectivity index (χ4v) is 3.44. The molecule has 1 unspecified atom stereocenters. The Labute approximate surface area is 97.4 Å². The topological polar surface area (TPSA) is 21.7 Å². The van der Waals surface area contributed by atoms with Gasteiger partial charge in [-0.05, 0) is 25.8 Å². The van der Waals surface area contributed by atoms with Crippen molar-refractivity contribution in [1.29, 1.82) is 0 Å². The zero-order chi connectivity index (χ0) is 11.0. The molecule has 90 valence electrons. The van der Waals surface area contributed by atoms with Crippen LogP contribution in [0.3, 0.4) is 0 Å². The summed E-state index contributed by atoms with van der Waals surface area (Å²) < 4.78 is 10.7. The standard InChI is InChI=1S/C13H21NO2/c1-15-10-13-3-2-4-14(13)7-11(6-13)5-12-8-16-9-12/h5,12H,2-4,6-10H2,1H3/b11-5-. The van der Waals surface area contributed by atoms with Crippen LogP contribution in [-0.2, 0) is 9.47 Å². The highest BCUT2D eigenvalue weighted by molar-refractivity contribution is 5.22. The second-order valence-corrected chi connectivity index (χ2v) is 5.48. The van der Waals surface area contributed by atoms with Crippen LogP contribution in [0.1, 0.15) is 19.3 Å².